The molecular weight excluding hydrogens is 429 g/mol. The number of methoxy groups -OCH3 is 1. The Morgan fingerprint density at radius 1 is 1.10 bits per heavy atom. The number of benzene rings is 2. The van der Waals surface area contributed by atoms with E-state index in [1.54, 1.807) is 43.3 Å². The second-order valence-corrected chi connectivity index (χ2v) is 7.45. The van der Waals surface area contributed by atoms with Gasteiger partial charge in [-0.2, -0.15) is 0 Å². The SMILES string of the molecule is COc1cc(CCC(C)=O)ccc1OC(=O)c1c(-c2c(Cl)cccc2Cl)noc1C. The summed E-state index contributed by atoms with van der Waals surface area (Å²) in [7, 11) is 1.47. The van der Waals surface area contributed by atoms with Crippen molar-refractivity contribution in [2.75, 3.05) is 7.11 Å². The Hall–Kier alpha value is -2.83. The molecule has 3 rings (SSSR count). The minimum absolute atomic E-state index is 0.0955. The van der Waals surface area contributed by atoms with E-state index in [0.29, 0.717) is 34.2 Å². The first kappa shape index (κ1) is 21.9. The predicted octanol–water partition coefficient (Wildman–Crippen LogP) is 5.71. The summed E-state index contributed by atoms with van der Waals surface area (Å²) in [5, 5.41) is 4.62. The summed E-state index contributed by atoms with van der Waals surface area (Å²) in [6, 6.07) is 10.1. The first-order valence-electron chi connectivity index (χ1n) is 9.11. The molecular formula is C22H19Cl2NO5. The molecule has 0 bridgehead atoms. The number of hydrogen-bond acceptors (Lipinski definition) is 6. The molecule has 30 heavy (non-hydrogen) atoms. The number of aromatic nitrogens is 1. The van der Waals surface area contributed by atoms with Gasteiger partial charge < -0.3 is 18.8 Å². The van der Waals surface area contributed by atoms with Gasteiger partial charge in [0.25, 0.3) is 0 Å². The number of hydrogen-bond donors (Lipinski definition) is 0. The topological polar surface area (TPSA) is 78.6 Å². The van der Waals surface area contributed by atoms with Gasteiger partial charge in [-0.1, -0.05) is 40.5 Å². The summed E-state index contributed by atoms with van der Waals surface area (Å²) >= 11 is 12.5. The van der Waals surface area contributed by atoms with Gasteiger partial charge in [-0.05, 0) is 50.1 Å². The van der Waals surface area contributed by atoms with Crippen molar-refractivity contribution in [3.63, 3.8) is 0 Å². The lowest BCUT2D eigenvalue weighted by molar-refractivity contribution is -0.116. The van der Waals surface area contributed by atoms with Gasteiger partial charge in [-0.3, -0.25) is 0 Å². The van der Waals surface area contributed by atoms with Crippen LogP contribution < -0.4 is 9.47 Å². The van der Waals surface area contributed by atoms with Crippen molar-refractivity contribution in [2.24, 2.45) is 0 Å². The molecule has 0 aliphatic carbocycles. The highest BCUT2D eigenvalue weighted by molar-refractivity contribution is 6.39. The molecule has 8 heteroatoms. The lowest BCUT2D eigenvalue weighted by atomic mass is 10.1. The number of Topliss-reactive ketones (excluding diaryl/α,β-unsaturated/α-hetero) is 1. The summed E-state index contributed by atoms with van der Waals surface area (Å²) < 4.78 is 16.1. The van der Waals surface area contributed by atoms with Crippen molar-refractivity contribution in [2.45, 2.75) is 26.7 Å². The molecule has 0 saturated carbocycles. The van der Waals surface area contributed by atoms with E-state index in [-0.39, 0.29) is 28.6 Å². The fraction of sp³-hybridized carbons (Fsp3) is 0.227. The Balaban J connectivity index is 1.92. The molecule has 6 nitrogen and oxygen atoms in total. The van der Waals surface area contributed by atoms with Crippen LogP contribution in [0.4, 0.5) is 0 Å². The summed E-state index contributed by atoms with van der Waals surface area (Å²) in [5.41, 5.74) is 1.60. The molecule has 2 aromatic carbocycles. The maximum absolute atomic E-state index is 13.0. The van der Waals surface area contributed by atoms with E-state index in [4.69, 9.17) is 37.2 Å². The molecule has 0 amide bonds. The monoisotopic (exact) mass is 447 g/mol. The Bertz CT molecular complexity index is 1090. The van der Waals surface area contributed by atoms with E-state index in [1.165, 1.54) is 14.0 Å². The largest absolute Gasteiger partial charge is 0.493 e. The van der Waals surface area contributed by atoms with Crippen LogP contribution in [0.5, 0.6) is 11.5 Å². The average Bonchev–Trinajstić information content (AvgIpc) is 3.08. The van der Waals surface area contributed by atoms with Crippen LogP contribution in [0.2, 0.25) is 10.0 Å². The number of ether oxygens (including phenoxy) is 2. The van der Waals surface area contributed by atoms with Crippen molar-refractivity contribution < 1.29 is 23.6 Å². The van der Waals surface area contributed by atoms with Gasteiger partial charge in [0.2, 0.25) is 0 Å². The zero-order valence-electron chi connectivity index (χ0n) is 16.6. The lowest BCUT2D eigenvalue weighted by Crippen LogP contribution is -2.11. The van der Waals surface area contributed by atoms with Crippen LogP contribution in [0.1, 0.15) is 35.0 Å². The quantitative estimate of drug-likeness (QED) is 0.341. The van der Waals surface area contributed by atoms with E-state index in [1.807, 2.05) is 0 Å². The molecule has 0 unspecified atom stereocenters. The zero-order valence-corrected chi connectivity index (χ0v) is 18.1. The smallest absolute Gasteiger partial charge is 0.349 e. The van der Waals surface area contributed by atoms with Gasteiger partial charge in [-0.25, -0.2) is 4.79 Å². The molecule has 0 saturated heterocycles. The first-order valence-corrected chi connectivity index (χ1v) is 9.86. The number of carbonyl (C=O) groups is 2. The van der Waals surface area contributed by atoms with Crippen molar-refractivity contribution in [1.29, 1.82) is 0 Å². The van der Waals surface area contributed by atoms with Crippen LogP contribution in [0.3, 0.4) is 0 Å². The Morgan fingerprint density at radius 2 is 1.80 bits per heavy atom. The number of rotatable bonds is 7. The molecule has 0 radical (unpaired) electrons. The standard InChI is InChI=1S/C22H19Cl2NO5/c1-12(26)7-8-14-9-10-17(18(11-14)28-3)29-22(27)19-13(2)30-25-21(19)20-15(23)5-4-6-16(20)24/h4-6,9-11H,7-8H2,1-3H3. The predicted molar refractivity (Wildman–Crippen MR) is 114 cm³/mol. The number of carbonyl (C=O) groups excluding carboxylic acids is 2. The minimum atomic E-state index is -0.686. The first-order chi connectivity index (χ1) is 14.3. The Labute approximate surface area is 183 Å². The van der Waals surface area contributed by atoms with Crippen molar-refractivity contribution in [1.82, 2.24) is 5.16 Å². The molecule has 0 spiro atoms. The van der Waals surface area contributed by atoms with Gasteiger partial charge >= 0.3 is 5.97 Å². The van der Waals surface area contributed by atoms with E-state index in [2.05, 4.69) is 5.16 Å². The van der Waals surface area contributed by atoms with Crippen molar-refractivity contribution in [3.05, 3.63) is 63.3 Å². The molecule has 1 heterocycles. The van der Waals surface area contributed by atoms with Gasteiger partial charge in [-0.15, -0.1) is 0 Å². The van der Waals surface area contributed by atoms with Crippen LogP contribution in [0, 0.1) is 6.92 Å². The molecule has 0 fully saturated rings. The second kappa shape index (κ2) is 9.32. The Kier molecular flexibility index (Phi) is 6.80. The highest BCUT2D eigenvalue weighted by Crippen LogP contribution is 2.37. The van der Waals surface area contributed by atoms with Gasteiger partial charge in [0, 0.05) is 12.0 Å². The maximum atomic E-state index is 13.0. The summed E-state index contributed by atoms with van der Waals surface area (Å²) in [6.45, 7) is 3.14. The lowest BCUT2D eigenvalue weighted by Gasteiger charge is -2.11. The van der Waals surface area contributed by atoms with E-state index in [0.717, 1.165) is 5.56 Å². The second-order valence-electron chi connectivity index (χ2n) is 6.64. The minimum Gasteiger partial charge on any atom is -0.493 e. The third kappa shape index (κ3) is 4.66. The van der Waals surface area contributed by atoms with Gasteiger partial charge in [0.15, 0.2) is 11.5 Å². The Morgan fingerprint density at radius 3 is 2.43 bits per heavy atom. The number of nitrogens with zero attached hydrogens (tertiary/aromatic N) is 1. The molecule has 0 atom stereocenters. The summed E-state index contributed by atoms with van der Waals surface area (Å²) in [6.07, 6.45) is 0.990. The zero-order chi connectivity index (χ0) is 21.8. The van der Waals surface area contributed by atoms with E-state index < -0.39 is 5.97 Å². The number of halogens is 2. The van der Waals surface area contributed by atoms with Crippen LogP contribution >= 0.6 is 23.2 Å². The molecule has 0 aliphatic rings. The highest BCUT2D eigenvalue weighted by Gasteiger charge is 2.27. The van der Waals surface area contributed by atoms with Gasteiger partial charge in [0.05, 0.1) is 17.2 Å². The molecule has 0 aliphatic heterocycles. The fourth-order valence-corrected chi connectivity index (χ4v) is 3.51. The highest BCUT2D eigenvalue weighted by atomic mass is 35.5. The molecule has 0 N–H and O–H groups in total. The fourth-order valence-electron chi connectivity index (χ4n) is 2.93. The van der Waals surface area contributed by atoms with Gasteiger partial charge in [0.1, 0.15) is 22.8 Å². The van der Waals surface area contributed by atoms with Crippen LogP contribution in [-0.2, 0) is 11.2 Å². The average molecular weight is 448 g/mol. The molecule has 1 aromatic heterocycles. The summed E-state index contributed by atoms with van der Waals surface area (Å²) in [5.74, 6) is 0.275. The summed E-state index contributed by atoms with van der Waals surface area (Å²) in [4.78, 5) is 24.2. The third-order valence-electron chi connectivity index (χ3n) is 4.46. The number of aryl methyl sites for hydroxylation is 2. The number of esters is 1. The van der Waals surface area contributed by atoms with E-state index >= 15 is 0 Å². The molecule has 156 valence electrons. The van der Waals surface area contributed by atoms with Crippen LogP contribution in [-0.4, -0.2) is 24.0 Å². The molecule has 3 aromatic rings. The van der Waals surface area contributed by atoms with Crippen LogP contribution in [0.25, 0.3) is 11.3 Å². The third-order valence-corrected chi connectivity index (χ3v) is 5.09. The van der Waals surface area contributed by atoms with Crippen molar-refractivity contribution in [3.8, 4) is 22.8 Å². The normalized spacial score (nSPS) is 10.7. The van der Waals surface area contributed by atoms with Crippen molar-refractivity contribution >= 4 is 35.0 Å². The number of ketones is 1. The maximum Gasteiger partial charge on any atom is 0.349 e. The van der Waals surface area contributed by atoms with Crippen LogP contribution in [0.15, 0.2) is 40.9 Å². The van der Waals surface area contributed by atoms with E-state index in [9.17, 15) is 9.59 Å².